The Hall–Kier alpha value is -5.36. The molecule has 2 aliphatic heterocycles. The number of H-pyrrole nitrogens is 1. The molecule has 0 radical (unpaired) electrons. The lowest BCUT2D eigenvalue weighted by Crippen LogP contribution is -2.49. The van der Waals surface area contributed by atoms with Gasteiger partial charge in [-0.25, -0.2) is 14.8 Å². The number of amides is 3. The minimum Gasteiger partial charge on any atom is -0.391 e. The Labute approximate surface area is 322 Å². The van der Waals surface area contributed by atoms with Crippen molar-refractivity contribution in [2.24, 2.45) is 0 Å². The van der Waals surface area contributed by atoms with Gasteiger partial charge in [0, 0.05) is 70.5 Å². The molecule has 0 spiro atoms. The number of likely N-dealkylation sites (tertiary alicyclic amines) is 1. The van der Waals surface area contributed by atoms with Gasteiger partial charge in [-0.15, -0.1) is 0 Å². The van der Waals surface area contributed by atoms with Gasteiger partial charge >= 0.3 is 6.03 Å². The van der Waals surface area contributed by atoms with E-state index in [2.05, 4.69) is 32.0 Å². The molecule has 2 aliphatic rings. The first-order valence-corrected chi connectivity index (χ1v) is 18.9. The van der Waals surface area contributed by atoms with Gasteiger partial charge in [0.15, 0.2) is 5.82 Å². The van der Waals surface area contributed by atoms with Crippen LogP contribution in [0.1, 0.15) is 48.3 Å². The number of aromatic amines is 1. The number of nitrogens with zero attached hydrogens (tertiary/aromatic N) is 5. The Morgan fingerprint density at radius 1 is 0.907 bits per heavy atom. The number of halogens is 2. The molecule has 3 aromatic carbocycles. The third-order valence-corrected chi connectivity index (χ3v) is 10.9. The van der Waals surface area contributed by atoms with E-state index < -0.39 is 6.10 Å². The lowest BCUT2D eigenvalue weighted by molar-refractivity contribution is 0.102. The first-order chi connectivity index (χ1) is 26.2. The van der Waals surface area contributed by atoms with E-state index in [0.29, 0.717) is 70.9 Å². The molecular formula is C41H40Cl2N8O3. The highest BCUT2D eigenvalue weighted by Crippen LogP contribution is 2.42. The molecule has 13 heteroatoms. The highest BCUT2D eigenvalue weighted by atomic mass is 35.5. The fourth-order valence-electron chi connectivity index (χ4n) is 7.56. The maximum Gasteiger partial charge on any atom is 0.317 e. The van der Waals surface area contributed by atoms with E-state index >= 15 is 0 Å². The standard InChI is InChI=1S/C41H40Cl2N8O3/c1-25(26-9-11-28(42)12-10-26)51-24-45-36(27-6-3-2-4-7-27)38(51)35-32-14-13-29(43)22-34(32)47-37(35)40(53)48-33-8-5-18-44-39(33)49-19-15-30(16-20-49)46-41(54)50-21-17-31(52)23-50/h2-14,18,22,24-25,30-31,47,52H,15-17,19-21,23H2,1H3,(H,46,54)(H,48,53)/t25-,31-/m0/s1. The number of β-amino-alcohol motifs (C(OH)–C–C–N with tert-alkyl or cyclic N) is 1. The van der Waals surface area contributed by atoms with Crippen molar-refractivity contribution in [2.75, 3.05) is 36.4 Å². The summed E-state index contributed by atoms with van der Waals surface area (Å²) < 4.78 is 2.10. The molecule has 6 aromatic rings. The summed E-state index contributed by atoms with van der Waals surface area (Å²) in [7, 11) is 0. The van der Waals surface area contributed by atoms with E-state index in [9.17, 15) is 14.7 Å². The van der Waals surface area contributed by atoms with Crippen LogP contribution in [0.25, 0.3) is 33.4 Å². The van der Waals surface area contributed by atoms with Crippen molar-refractivity contribution >= 4 is 57.5 Å². The number of aliphatic hydroxyl groups is 1. The van der Waals surface area contributed by atoms with Gasteiger partial charge < -0.3 is 35.1 Å². The highest BCUT2D eigenvalue weighted by Gasteiger charge is 2.31. The first-order valence-electron chi connectivity index (χ1n) is 18.2. The summed E-state index contributed by atoms with van der Waals surface area (Å²) in [5.74, 6) is 0.317. The van der Waals surface area contributed by atoms with Gasteiger partial charge in [0.2, 0.25) is 0 Å². The molecule has 0 aliphatic carbocycles. The van der Waals surface area contributed by atoms with Crippen LogP contribution in [0.15, 0.2) is 97.5 Å². The Bertz CT molecular complexity index is 2300. The Morgan fingerprint density at radius 3 is 2.41 bits per heavy atom. The molecule has 5 heterocycles. The normalized spacial score (nSPS) is 16.9. The number of piperidine rings is 1. The minimum atomic E-state index is -0.459. The number of urea groups is 1. The minimum absolute atomic E-state index is 0.00732. The largest absolute Gasteiger partial charge is 0.391 e. The summed E-state index contributed by atoms with van der Waals surface area (Å²) in [6.45, 7) is 4.31. The molecule has 8 rings (SSSR count). The van der Waals surface area contributed by atoms with Gasteiger partial charge in [0.25, 0.3) is 5.91 Å². The van der Waals surface area contributed by atoms with Crippen LogP contribution in [0.5, 0.6) is 0 Å². The summed E-state index contributed by atoms with van der Waals surface area (Å²) in [6, 6.07) is 26.7. The predicted molar refractivity (Wildman–Crippen MR) is 213 cm³/mol. The van der Waals surface area contributed by atoms with E-state index in [0.717, 1.165) is 40.7 Å². The molecule has 276 valence electrons. The van der Waals surface area contributed by atoms with Crippen LogP contribution in [0, 0.1) is 0 Å². The summed E-state index contributed by atoms with van der Waals surface area (Å²) in [5, 5.41) is 18.2. The van der Waals surface area contributed by atoms with Crippen LogP contribution in [0.4, 0.5) is 16.3 Å². The van der Waals surface area contributed by atoms with Crippen molar-refractivity contribution in [1.29, 1.82) is 0 Å². The van der Waals surface area contributed by atoms with E-state index in [1.54, 1.807) is 17.2 Å². The van der Waals surface area contributed by atoms with Crippen LogP contribution in [0.3, 0.4) is 0 Å². The van der Waals surface area contributed by atoms with Crippen LogP contribution in [0.2, 0.25) is 10.0 Å². The number of carbonyl (C=O) groups excluding carboxylic acids is 2. The van der Waals surface area contributed by atoms with Gasteiger partial charge in [0.05, 0.1) is 35.5 Å². The third kappa shape index (κ3) is 7.14. The lowest BCUT2D eigenvalue weighted by atomic mass is 9.99. The topological polar surface area (TPSA) is 131 Å². The van der Waals surface area contributed by atoms with Crippen LogP contribution >= 0.6 is 23.2 Å². The average molecular weight is 764 g/mol. The van der Waals surface area contributed by atoms with E-state index in [-0.39, 0.29) is 24.0 Å². The van der Waals surface area contributed by atoms with Crippen molar-refractivity contribution < 1.29 is 14.7 Å². The summed E-state index contributed by atoms with van der Waals surface area (Å²) in [4.78, 5) is 44.3. The highest BCUT2D eigenvalue weighted by molar-refractivity contribution is 6.31. The summed E-state index contributed by atoms with van der Waals surface area (Å²) in [5.41, 5.74) is 5.81. The van der Waals surface area contributed by atoms with E-state index in [4.69, 9.17) is 33.2 Å². The zero-order valence-corrected chi connectivity index (χ0v) is 31.2. The number of hydrogen-bond donors (Lipinski definition) is 4. The van der Waals surface area contributed by atoms with E-state index in [1.807, 2.05) is 85.2 Å². The number of nitrogens with one attached hydrogen (secondary N) is 3. The number of aromatic nitrogens is 4. The van der Waals surface area contributed by atoms with Crippen molar-refractivity contribution in [1.82, 2.24) is 29.7 Å². The van der Waals surface area contributed by atoms with Gasteiger partial charge in [-0.05, 0) is 68.1 Å². The molecular weight excluding hydrogens is 723 g/mol. The molecule has 11 nitrogen and oxygen atoms in total. The van der Waals surface area contributed by atoms with Gasteiger partial charge in [-0.3, -0.25) is 4.79 Å². The summed E-state index contributed by atoms with van der Waals surface area (Å²) >= 11 is 12.8. The number of pyridine rings is 1. The number of aliphatic hydroxyl groups excluding tert-OH is 1. The number of fused-ring (bicyclic) bond motifs is 1. The molecule has 2 atom stereocenters. The maximum atomic E-state index is 14.6. The third-order valence-electron chi connectivity index (χ3n) is 10.4. The van der Waals surface area contributed by atoms with Crippen LogP contribution in [-0.4, -0.2) is 79.8 Å². The zero-order chi connectivity index (χ0) is 37.3. The molecule has 54 heavy (non-hydrogen) atoms. The quantitative estimate of drug-likeness (QED) is 0.124. The van der Waals surface area contributed by atoms with Crippen LogP contribution in [-0.2, 0) is 0 Å². The lowest BCUT2D eigenvalue weighted by Gasteiger charge is -2.34. The van der Waals surface area contributed by atoms with Crippen molar-refractivity contribution in [3.8, 4) is 22.5 Å². The zero-order valence-electron chi connectivity index (χ0n) is 29.7. The predicted octanol–water partition coefficient (Wildman–Crippen LogP) is 8.01. The second-order valence-corrected chi connectivity index (χ2v) is 14.8. The molecule has 2 saturated heterocycles. The molecule has 0 saturated carbocycles. The number of imidazole rings is 1. The van der Waals surface area contributed by atoms with Crippen molar-refractivity contribution in [3.63, 3.8) is 0 Å². The van der Waals surface area contributed by atoms with Gasteiger partial charge in [-0.1, -0.05) is 71.7 Å². The van der Waals surface area contributed by atoms with Gasteiger partial charge in [0.1, 0.15) is 5.69 Å². The van der Waals surface area contributed by atoms with Crippen molar-refractivity contribution in [3.05, 3.63) is 119 Å². The second-order valence-electron chi connectivity index (χ2n) is 13.9. The SMILES string of the molecule is C[C@@H](c1ccc(Cl)cc1)n1cnc(-c2ccccc2)c1-c1c(C(=O)Nc2cccnc2N2CCC(NC(=O)N3CC[C@H](O)C3)CC2)[nH]c2cc(Cl)ccc12. The fraction of sp³-hybridized carbons (Fsp3) is 0.268. The Kier molecular flexibility index (Phi) is 10.0. The number of hydrogen-bond acceptors (Lipinski definition) is 6. The molecule has 2 fully saturated rings. The Morgan fingerprint density at radius 2 is 1.67 bits per heavy atom. The molecule has 3 aromatic heterocycles. The van der Waals surface area contributed by atoms with E-state index in [1.165, 1.54) is 0 Å². The number of carbonyl (C=O) groups is 2. The number of benzene rings is 3. The monoisotopic (exact) mass is 762 g/mol. The van der Waals surface area contributed by atoms with Gasteiger partial charge in [-0.2, -0.15) is 0 Å². The molecule has 3 amide bonds. The smallest absolute Gasteiger partial charge is 0.317 e. The number of anilines is 2. The van der Waals surface area contributed by atoms with Crippen molar-refractivity contribution in [2.45, 2.75) is 44.4 Å². The maximum absolute atomic E-state index is 14.6. The molecule has 0 bridgehead atoms. The molecule has 4 N–H and O–H groups in total. The fourth-order valence-corrected chi connectivity index (χ4v) is 7.85. The average Bonchev–Trinajstić information content (AvgIpc) is 3.92. The first kappa shape index (κ1) is 35.7. The Balaban J connectivity index is 1.13. The second kappa shape index (κ2) is 15.2. The summed E-state index contributed by atoms with van der Waals surface area (Å²) in [6.07, 6.45) is 5.13. The molecule has 0 unspecified atom stereocenters. The number of rotatable bonds is 8. The van der Waals surface area contributed by atoms with Crippen LogP contribution < -0.4 is 15.5 Å².